The van der Waals surface area contributed by atoms with Crippen LogP contribution in [-0.4, -0.2) is 6.10 Å². The number of aryl methyl sites for hydroxylation is 2. The molecule has 0 fully saturated rings. The maximum atomic E-state index is 12.7. The SMILES string of the molecule is CC=CC1C=Cc2c(c3c(CCC)[c]c(=O)oc3c3c(=O)cc(C)oc23)O1. The Morgan fingerprint density at radius 3 is 2.74 bits per heavy atom. The van der Waals surface area contributed by atoms with Crippen LogP contribution in [0.15, 0.2) is 42.7 Å². The van der Waals surface area contributed by atoms with Crippen LogP contribution < -0.4 is 15.8 Å². The second-order valence-electron chi connectivity index (χ2n) is 6.58. The van der Waals surface area contributed by atoms with E-state index in [9.17, 15) is 9.59 Å². The van der Waals surface area contributed by atoms with Gasteiger partial charge in [-0.1, -0.05) is 19.4 Å². The Morgan fingerprint density at radius 2 is 2.00 bits per heavy atom. The molecule has 4 rings (SSSR count). The third-order valence-electron chi connectivity index (χ3n) is 4.58. The average molecular weight is 363 g/mol. The minimum atomic E-state index is -0.608. The summed E-state index contributed by atoms with van der Waals surface area (Å²) in [5, 5.41) is 0.879. The average Bonchev–Trinajstić information content (AvgIpc) is 2.61. The number of fused-ring (bicyclic) bond motifs is 6. The molecule has 1 unspecified atom stereocenters. The molecule has 5 heteroatoms. The summed E-state index contributed by atoms with van der Waals surface area (Å²) in [6, 6.07) is 4.17. The zero-order valence-electron chi connectivity index (χ0n) is 15.4. The molecule has 1 aliphatic heterocycles. The summed E-state index contributed by atoms with van der Waals surface area (Å²) in [4.78, 5) is 24.9. The quantitative estimate of drug-likeness (QED) is 0.394. The van der Waals surface area contributed by atoms with Crippen LogP contribution in [0.5, 0.6) is 5.75 Å². The van der Waals surface area contributed by atoms with Crippen LogP contribution in [0.4, 0.5) is 0 Å². The number of benzene rings is 1. The van der Waals surface area contributed by atoms with E-state index in [1.807, 2.05) is 38.2 Å². The molecule has 0 saturated carbocycles. The number of allylic oxidation sites excluding steroid dienone is 1. The highest BCUT2D eigenvalue weighted by Crippen LogP contribution is 2.42. The number of ether oxygens (including phenoxy) is 1. The van der Waals surface area contributed by atoms with Crippen molar-refractivity contribution in [1.29, 1.82) is 0 Å². The first kappa shape index (κ1) is 17.3. The Morgan fingerprint density at radius 1 is 1.19 bits per heavy atom. The van der Waals surface area contributed by atoms with E-state index in [1.54, 1.807) is 6.92 Å². The molecule has 0 saturated heterocycles. The lowest BCUT2D eigenvalue weighted by Gasteiger charge is -2.22. The number of hydrogen-bond acceptors (Lipinski definition) is 5. The second kappa shape index (κ2) is 6.58. The van der Waals surface area contributed by atoms with Crippen molar-refractivity contribution in [3.8, 4) is 5.75 Å². The molecule has 27 heavy (non-hydrogen) atoms. The van der Waals surface area contributed by atoms with Gasteiger partial charge in [-0.15, -0.1) is 0 Å². The maximum absolute atomic E-state index is 12.7. The van der Waals surface area contributed by atoms with Crippen molar-refractivity contribution in [2.75, 3.05) is 0 Å². The molecule has 1 aliphatic rings. The molecular formula is C22H19O5. The van der Waals surface area contributed by atoms with Gasteiger partial charge >= 0.3 is 5.63 Å². The van der Waals surface area contributed by atoms with E-state index >= 15 is 0 Å². The van der Waals surface area contributed by atoms with Gasteiger partial charge in [0.15, 0.2) is 16.6 Å². The molecule has 1 radical (unpaired) electrons. The van der Waals surface area contributed by atoms with Crippen molar-refractivity contribution in [3.05, 3.63) is 67.9 Å². The van der Waals surface area contributed by atoms with Crippen molar-refractivity contribution in [1.82, 2.24) is 0 Å². The Hall–Kier alpha value is -3.08. The molecule has 2 aromatic heterocycles. The summed E-state index contributed by atoms with van der Waals surface area (Å²) >= 11 is 0. The monoisotopic (exact) mass is 363 g/mol. The van der Waals surface area contributed by atoms with Gasteiger partial charge in [0, 0.05) is 6.07 Å². The van der Waals surface area contributed by atoms with Crippen LogP contribution in [0.1, 0.15) is 37.2 Å². The highest BCUT2D eigenvalue weighted by Gasteiger charge is 2.26. The normalized spacial score (nSPS) is 16.2. The van der Waals surface area contributed by atoms with Crippen molar-refractivity contribution in [2.45, 2.75) is 39.7 Å². The van der Waals surface area contributed by atoms with Gasteiger partial charge in [-0.3, -0.25) is 4.79 Å². The fraction of sp³-hybridized carbons (Fsp3) is 0.273. The lowest BCUT2D eigenvalue weighted by molar-refractivity contribution is 0.295. The van der Waals surface area contributed by atoms with E-state index in [0.29, 0.717) is 40.0 Å². The highest BCUT2D eigenvalue weighted by molar-refractivity contribution is 6.10. The van der Waals surface area contributed by atoms with Gasteiger partial charge in [0.05, 0.1) is 17.0 Å². The summed E-state index contributed by atoms with van der Waals surface area (Å²) < 4.78 is 17.5. The molecule has 0 spiro atoms. The molecule has 0 aliphatic carbocycles. The summed E-state index contributed by atoms with van der Waals surface area (Å²) in [6.45, 7) is 5.65. The summed E-state index contributed by atoms with van der Waals surface area (Å²) in [6.07, 6.45) is 8.82. The van der Waals surface area contributed by atoms with E-state index in [0.717, 1.165) is 6.42 Å². The van der Waals surface area contributed by atoms with Gasteiger partial charge in [0.25, 0.3) is 0 Å². The minimum absolute atomic E-state index is 0.208. The first-order chi connectivity index (χ1) is 13.0. The van der Waals surface area contributed by atoms with Crippen LogP contribution in [-0.2, 0) is 6.42 Å². The van der Waals surface area contributed by atoms with Gasteiger partial charge in [-0.25, -0.2) is 4.79 Å². The molecule has 1 aromatic carbocycles. The minimum Gasteiger partial charge on any atom is -0.481 e. The number of hydrogen-bond donors (Lipinski definition) is 0. The molecule has 5 nitrogen and oxygen atoms in total. The zero-order valence-corrected chi connectivity index (χ0v) is 15.4. The van der Waals surface area contributed by atoms with Crippen LogP contribution in [0.2, 0.25) is 0 Å². The fourth-order valence-electron chi connectivity index (χ4n) is 3.53. The lowest BCUT2D eigenvalue weighted by atomic mass is 9.96. The standard InChI is InChI=1S/C22H19O5/c1-4-6-13-11-17(24)27-22-18(13)20-15(9-8-14(26-20)7-5-2)21-19(22)16(23)10-12(3)25-21/h5,7-10,14H,4,6H2,1-3H3. The van der Waals surface area contributed by atoms with E-state index in [-0.39, 0.29) is 22.5 Å². The van der Waals surface area contributed by atoms with Crippen molar-refractivity contribution >= 4 is 28.0 Å². The van der Waals surface area contributed by atoms with Crippen molar-refractivity contribution in [3.63, 3.8) is 0 Å². The molecule has 1 atom stereocenters. The van der Waals surface area contributed by atoms with E-state index in [4.69, 9.17) is 13.6 Å². The first-order valence-corrected chi connectivity index (χ1v) is 9.00. The van der Waals surface area contributed by atoms with Gasteiger partial charge < -0.3 is 13.6 Å². The maximum Gasteiger partial charge on any atom is 0.344 e. The molecule has 0 bridgehead atoms. The van der Waals surface area contributed by atoms with Crippen LogP contribution in [0.25, 0.3) is 28.0 Å². The Labute approximate surface area is 155 Å². The molecule has 0 amide bonds. The van der Waals surface area contributed by atoms with E-state index in [1.165, 1.54) is 6.07 Å². The Kier molecular flexibility index (Phi) is 4.22. The summed E-state index contributed by atoms with van der Waals surface area (Å²) in [5.41, 5.74) is 1.09. The van der Waals surface area contributed by atoms with Gasteiger partial charge in [-0.05, 0) is 44.1 Å². The molecule has 0 N–H and O–H groups in total. The predicted molar refractivity (Wildman–Crippen MR) is 104 cm³/mol. The van der Waals surface area contributed by atoms with Gasteiger partial charge in [-0.2, -0.15) is 0 Å². The van der Waals surface area contributed by atoms with Gasteiger partial charge in [0.1, 0.15) is 23.0 Å². The van der Waals surface area contributed by atoms with Gasteiger partial charge in [0.2, 0.25) is 0 Å². The Bertz CT molecular complexity index is 1220. The molecule has 3 heterocycles. The van der Waals surface area contributed by atoms with Crippen molar-refractivity contribution < 1.29 is 13.6 Å². The van der Waals surface area contributed by atoms with Crippen LogP contribution >= 0.6 is 0 Å². The molecule has 137 valence electrons. The van der Waals surface area contributed by atoms with Crippen LogP contribution in [0, 0.1) is 13.0 Å². The smallest absolute Gasteiger partial charge is 0.344 e. The zero-order chi connectivity index (χ0) is 19.1. The van der Waals surface area contributed by atoms with E-state index < -0.39 is 5.63 Å². The topological polar surface area (TPSA) is 69.7 Å². The number of rotatable bonds is 3. The Balaban J connectivity index is 2.24. The third-order valence-corrected chi connectivity index (χ3v) is 4.58. The first-order valence-electron chi connectivity index (χ1n) is 9.00. The summed E-state index contributed by atoms with van der Waals surface area (Å²) in [5.74, 6) is 1.04. The fourth-order valence-corrected chi connectivity index (χ4v) is 3.53. The summed E-state index contributed by atoms with van der Waals surface area (Å²) in [7, 11) is 0. The van der Waals surface area contributed by atoms with E-state index in [2.05, 4.69) is 6.07 Å². The lowest BCUT2D eigenvalue weighted by Crippen LogP contribution is -2.16. The largest absolute Gasteiger partial charge is 0.481 e. The molecular weight excluding hydrogens is 344 g/mol. The molecule has 3 aromatic rings. The third kappa shape index (κ3) is 2.79. The van der Waals surface area contributed by atoms with Crippen molar-refractivity contribution in [2.24, 2.45) is 0 Å². The second-order valence-corrected chi connectivity index (χ2v) is 6.58. The van der Waals surface area contributed by atoms with Crippen LogP contribution in [0.3, 0.4) is 0 Å². The predicted octanol–water partition coefficient (Wildman–Crippen LogP) is 4.31. The highest BCUT2D eigenvalue weighted by atomic mass is 16.5.